The zero-order valence-electron chi connectivity index (χ0n) is 17.9. The minimum Gasteiger partial charge on any atom is -0.309 e. The Morgan fingerprint density at radius 1 is 0.788 bits per heavy atom. The van der Waals surface area contributed by atoms with Gasteiger partial charge in [0.15, 0.2) is 0 Å². The van der Waals surface area contributed by atoms with Gasteiger partial charge in [0.25, 0.3) is 0 Å². The lowest BCUT2D eigenvalue weighted by Crippen LogP contribution is -2.35. The quantitative estimate of drug-likeness (QED) is 0.444. The first kappa shape index (κ1) is 23.0. The first-order chi connectivity index (χ1) is 16.0. The predicted octanol–water partition coefficient (Wildman–Crippen LogP) is 0.0594. The van der Waals surface area contributed by atoms with Gasteiger partial charge in [-0.1, -0.05) is 25.3 Å². The molecule has 0 amide bonds. The van der Waals surface area contributed by atoms with Crippen LogP contribution in [0.15, 0.2) is 63.6 Å². The fourth-order valence-corrected chi connectivity index (χ4v) is 2.93. The average Bonchev–Trinajstić information content (AvgIpc) is 3.03. The molecule has 0 aliphatic rings. The van der Waals surface area contributed by atoms with Crippen LogP contribution in [0.3, 0.4) is 0 Å². The minimum atomic E-state index is -0.249. The fraction of sp³-hybridized carbons (Fsp3) is 0.0400. The van der Waals surface area contributed by atoms with Crippen molar-refractivity contribution in [3.05, 3.63) is 90.4 Å². The van der Waals surface area contributed by atoms with Crippen molar-refractivity contribution in [2.24, 2.45) is 4.99 Å². The molecule has 0 saturated carbocycles. The summed E-state index contributed by atoms with van der Waals surface area (Å²) in [6, 6.07) is 6.88. The largest absolute Gasteiger partial charge is 0.309 e. The standard InChI is InChI=1S/C13H11N3O.C12H9N3O/c1-3-14-8-10-9(2)4-5-11-12(13(10)17)16-7-6-15-11;1-8-2-3-10-11(15-7-6-14-10)12(16)9(8)4-5-13/h3-8H,2H2,1H3;2-7,13H,1H2/b10-8+,14-3?;9-4+,13-5?. The van der Waals surface area contributed by atoms with Gasteiger partial charge in [0, 0.05) is 53.9 Å². The zero-order chi connectivity index (χ0) is 23.8. The molecule has 8 nitrogen and oxygen atoms in total. The number of aliphatic imine (C=N–C) groups is 1. The van der Waals surface area contributed by atoms with Gasteiger partial charge in [-0.05, 0) is 35.6 Å². The number of hydrogen-bond acceptors (Lipinski definition) is 8. The number of nitrogens with zero attached hydrogens (tertiary/aromatic N) is 5. The van der Waals surface area contributed by atoms with E-state index in [0.29, 0.717) is 42.9 Å². The summed E-state index contributed by atoms with van der Waals surface area (Å²) in [5, 5.41) is 9.02. The summed E-state index contributed by atoms with van der Waals surface area (Å²) in [5.41, 5.74) is 1.27. The molecule has 0 unspecified atom stereocenters. The number of aromatic nitrogens is 4. The number of fused-ring (bicyclic) bond motifs is 2. The first-order valence-electron chi connectivity index (χ1n) is 9.82. The monoisotopic (exact) mass is 436 g/mol. The van der Waals surface area contributed by atoms with E-state index in [4.69, 9.17) is 5.41 Å². The molecule has 0 atom stereocenters. The number of nitrogens with one attached hydrogen (secondary N) is 1. The summed E-state index contributed by atoms with van der Waals surface area (Å²) < 4.78 is 0. The molecule has 0 saturated heterocycles. The topological polar surface area (TPSA) is 122 Å². The Morgan fingerprint density at radius 2 is 1.27 bits per heavy atom. The Balaban J connectivity index is 0.000000186. The van der Waals surface area contributed by atoms with Crippen LogP contribution in [-0.4, -0.2) is 32.4 Å². The third-order valence-electron chi connectivity index (χ3n) is 4.55. The molecule has 4 aromatic rings. The third kappa shape index (κ3) is 5.13. The van der Waals surface area contributed by atoms with Gasteiger partial charge in [-0.25, -0.2) is 9.97 Å². The van der Waals surface area contributed by atoms with E-state index in [1.807, 2.05) is 0 Å². The lowest BCUT2D eigenvalue weighted by molar-refractivity contribution is 1.29. The summed E-state index contributed by atoms with van der Waals surface area (Å²) >= 11 is 0. The van der Waals surface area contributed by atoms with Gasteiger partial charge in [0.2, 0.25) is 10.9 Å². The molecular formula is C25H20N6O2. The summed E-state index contributed by atoms with van der Waals surface area (Å²) in [7, 11) is 0. The maximum absolute atomic E-state index is 12.2. The van der Waals surface area contributed by atoms with Crippen LogP contribution in [0, 0.1) is 5.41 Å². The van der Waals surface area contributed by atoms with Crippen molar-refractivity contribution < 1.29 is 0 Å². The molecule has 8 heteroatoms. The van der Waals surface area contributed by atoms with E-state index >= 15 is 0 Å². The highest BCUT2D eigenvalue weighted by molar-refractivity contribution is 5.89. The van der Waals surface area contributed by atoms with Crippen LogP contribution in [-0.2, 0) is 0 Å². The van der Waals surface area contributed by atoms with Crippen molar-refractivity contribution in [2.75, 3.05) is 0 Å². The third-order valence-corrected chi connectivity index (χ3v) is 4.55. The molecule has 0 radical (unpaired) electrons. The second kappa shape index (κ2) is 10.5. The molecule has 2 aromatic carbocycles. The van der Waals surface area contributed by atoms with E-state index in [1.54, 1.807) is 43.6 Å². The average molecular weight is 436 g/mol. The smallest absolute Gasteiger partial charge is 0.215 e. The van der Waals surface area contributed by atoms with E-state index in [1.165, 1.54) is 30.9 Å². The van der Waals surface area contributed by atoms with Gasteiger partial charge in [-0.2, -0.15) is 0 Å². The number of hydrogen-bond donors (Lipinski definition) is 1. The summed E-state index contributed by atoms with van der Waals surface area (Å²) in [5.74, 6) is 0. The first-order valence-corrected chi connectivity index (χ1v) is 9.82. The van der Waals surface area contributed by atoms with Crippen molar-refractivity contribution in [1.29, 1.82) is 5.41 Å². The number of rotatable bonds is 2. The molecule has 162 valence electrons. The van der Waals surface area contributed by atoms with Crippen LogP contribution >= 0.6 is 0 Å². The molecule has 4 rings (SSSR count). The molecule has 1 N–H and O–H groups in total. The van der Waals surface area contributed by atoms with Crippen molar-refractivity contribution in [1.82, 2.24) is 19.9 Å². The summed E-state index contributed by atoms with van der Waals surface area (Å²) in [4.78, 5) is 44.5. The van der Waals surface area contributed by atoms with Crippen LogP contribution < -0.4 is 31.7 Å². The van der Waals surface area contributed by atoms with Crippen molar-refractivity contribution in [3.63, 3.8) is 0 Å². The van der Waals surface area contributed by atoms with Gasteiger partial charge in [0.05, 0.1) is 11.0 Å². The second-order valence-electron chi connectivity index (χ2n) is 6.65. The molecule has 0 bridgehead atoms. The Bertz CT molecular complexity index is 1730. The van der Waals surface area contributed by atoms with Crippen molar-refractivity contribution in [2.45, 2.75) is 6.92 Å². The second-order valence-corrected chi connectivity index (χ2v) is 6.65. The van der Waals surface area contributed by atoms with Gasteiger partial charge in [0.1, 0.15) is 11.0 Å². The molecule has 0 fully saturated rings. The normalized spacial score (nSPS) is 12.0. The van der Waals surface area contributed by atoms with Gasteiger partial charge in [-0.3, -0.25) is 24.5 Å². The van der Waals surface area contributed by atoms with E-state index in [9.17, 15) is 9.59 Å². The predicted molar refractivity (Wildman–Crippen MR) is 133 cm³/mol. The van der Waals surface area contributed by atoms with Crippen molar-refractivity contribution in [3.8, 4) is 0 Å². The Morgan fingerprint density at radius 3 is 1.79 bits per heavy atom. The lowest BCUT2D eigenvalue weighted by Gasteiger charge is -1.86. The van der Waals surface area contributed by atoms with Crippen LogP contribution in [0.25, 0.3) is 47.5 Å². The molecule has 2 aromatic heterocycles. The Hall–Kier alpha value is -4.72. The maximum atomic E-state index is 12.2. The van der Waals surface area contributed by atoms with E-state index < -0.39 is 0 Å². The van der Waals surface area contributed by atoms with Gasteiger partial charge in [-0.15, -0.1) is 0 Å². The summed E-state index contributed by atoms with van der Waals surface area (Å²) in [6.07, 6.45) is 11.6. The van der Waals surface area contributed by atoms with E-state index in [2.05, 4.69) is 38.1 Å². The van der Waals surface area contributed by atoms with E-state index in [-0.39, 0.29) is 10.9 Å². The molecule has 0 spiro atoms. The van der Waals surface area contributed by atoms with Crippen LogP contribution in [0.1, 0.15) is 6.92 Å². The molecule has 0 aliphatic carbocycles. The SMILES string of the molecule is C=c1ccc2nccnc2c(=O)/c1=C/C=N.C=c1ccc2nccnc2c(=O)/c1=C/N=CC. The Labute approximate surface area is 187 Å². The lowest BCUT2D eigenvalue weighted by atomic mass is 10.3. The van der Waals surface area contributed by atoms with Gasteiger partial charge >= 0.3 is 0 Å². The molecule has 2 heterocycles. The summed E-state index contributed by atoms with van der Waals surface area (Å²) in [6.45, 7) is 9.39. The van der Waals surface area contributed by atoms with Crippen LogP contribution in [0.2, 0.25) is 0 Å². The fourth-order valence-electron chi connectivity index (χ4n) is 2.93. The molecular weight excluding hydrogens is 416 g/mol. The highest BCUT2D eigenvalue weighted by Gasteiger charge is 2.00. The van der Waals surface area contributed by atoms with Crippen molar-refractivity contribution >= 4 is 59.9 Å². The Kier molecular flexibility index (Phi) is 7.33. The maximum Gasteiger partial charge on any atom is 0.215 e. The highest BCUT2D eigenvalue weighted by Crippen LogP contribution is 1.97. The molecule has 33 heavy (non-hydrogen) atoms. The van der Waals surface area contributed by atoms with Crippen LogP contribution in [0.4, 0.5) is 0 Å². The van der Waals surface area contributed by atoms with Gasteiger partial charge < -0.3 is 5.41 Å². The minimum absolute atomic E-state index is 0.200. The zero-order valence-corrected chi connectivity index (χ0v) is 17.9. The highest BCUT2D eigenvalue weighted by atomic mass is 16.1. The van der Waals surface area contributed by atoms with Crippen LogP contribution in [0.5, 0.6) is 0 Å². The van der Waals surface area contributed by atoms with E-state index in [0.717, 1.165) is 6.21 Å². The molecule has 0 aliphatic heterocycles.